The first-order valence-electron chi connectivity index (χ1n) is 11.2. The highest BCUT2D eigenvalue weighted by atomic mass is 28.4. The summed E-state index contributed by atoms with van der Waals surface area (Å²) in [5.41, 5.74) is 0.540. The zero-order valence-electron chi connectivity index (χ0n) is 20.5. The van der Waals surface area contributed by atoms with E-state index in [1.165, 1.54) is 0 Å². The molecule has 0 saturated carbocycles. The maximum absolute atomic E-state index is 12.3. The van der Waals surface area contributed by atoms with Gasteiger partial charge in [-0.2, -0.15) is 0 Å². The second-order valence-electron chi connectivity index (χ2n) is 10.9. The van der Waals surface area contributed by atoms with Crippen LogP contribution in [-0.4, -0.2) is 51.5 Å². The highest BCUT2D eigenvalue weighted by Crippen LogP contribution is 2.37. The molecule has 6 nitrogen and oxygen atoms in total. The maximum atomic E-state index is 12.3. The molecule has 1 N–H and O–H groups in total. The van der Waals surface area contributed by atoms with Crippen molar-refractivity contribution < 1.29 is 23.4 Å². The van der Waals surface area contributed by atoms with Gasteiger partial charge in [-0.05, 0) is 44.5 Å². The van der Waals surface area contributed by atoms with Gasteiger partial charge in [0.2, 0.25) is 0 Å². The number of carbonyl (C=O) groups is 1. The van der Waals surface area contributed by atoms with E-state index in [2.05, 4.69) is 39.2 Å². The van der Waals surface area contributed by atoms with E-state index in [4.69, 9.17) is 18.6 Å². The SMILES string of the molecule is CC(C)(C)OC(=O)N[C@H]1CO[C@H](CO[Si](C)(C)C(C)(C)C)CC1OCc1ccccc1. The first kappa shape index (κ1) is 25.8. The van der Waals surface area contributed by atoms with Gasteiger partial charge in [-0.15, -0.1) is 0 Å². The van der Waals surface area contributed by atoms with Crippen LogP contribution >= 0.6 is 0 Å². The van der Waals surface area contributed by atoms with Crippen molar-refractivity contribution in [2.45, 2.75) is 96.6 Å². The smallest absolute Gasteiger partial charge is 0.408 e. The lowest BCUT2D eigenvalue weighted by Gasteiger charge is -2.40. The molecular formula is C24H41NO5Si. The van der Waals surface area contributed by atoms with Crippen LogP contribution in [0.15, 0.2) is 30.3 Å². The van der Waals surface area contributed by atoms with Gasteiger partial charge in [-0.1, -0.05) is 51.1 Å². The lowest BCUT2D eigenvalue weighted by molar-refractivity contribution is -0.109. The normalized spacial score (nSPS) is 22.8. The van der Waals surface area contributed by atoms with E-state index >= 15 is 0 Å². The fourth-order valence-electron chi connectivity index (χ4n) is 3.03. The van der Waals surface area contributed by atoms with Crippen LogP contribution in [-0.2, 0) is 25.2 Å². The van der Waals surface area contributed by atoms with Gasteiger partial charge < -0.3 is 24.0 Å². The second kappa shape index (κ2) is 10.5. The molecule has 176 valence electrons. The Hall–Kier alpha value is -1.41. The van der Waals surface area contributed by atoms with Crippen molar-refractivity contribution in [3.63, 3.8) is 0 Å². The minimum atomic E-state index is -1.86. The van der Waals surface area contributed by atoms with Crippen molar-refractivity contribution >= 4 is 14.4 Å². The summed E-state index contributed by atoms with van der Waals surface area (Å²) in [5, 5.41) is 3.08. The number of nitrogens with one attached hydrogen (secondary N) is 1. The third-order valence-electron chi connectivity index (χ3n) is 5.90. The van der Waals surface area contributed by atoms with E-state index in [9.17, 15) is 4.79 Å². The highest BCUT2D eigenvalue weighted by molar-refractivity contribution is 6.74. The Labute approximate surface area is 189 Å². The molecule has 1 amide bonds. The van der Waals surface area contributed by atoms with Crippen LogP contribution in [0.2, 0.25) is 18.1 Å². The van der Waals surface area contributed by atoms with Crippen LogP contribution in [0.25, 0.3) is 0 Å². The summed E-state index contributed by atoms with van der Waals surface area (Å²) in [6.45, 7) is 18.1. The van der Waals surface area contributed by atoms with Crippen molar-refractivity contribution in [1.82, 2.24) is 5.32 Å². The fourth-order valence-corrected chi connectivity index (χ4v) is 4.06. The van der Waals surface area contributed by atoms with E-state index in [1.54, 1.807) is 0 Å². The molecule has 3 atom stereocenters. The minimum Gasteiger partial charge on any atom is -0.444 e. The standard InChI is InChI=1S/C24H41NO5Si/c1-23(2,3)30-22(26)25-20-17-27-19(16-29-31(7,8)24(4,5)6)14-21(20)28-15-18-12-10-9-11-13-18/h9-13,19-21H,14-17H2,1-8H3,(H,25,26)/t19-,20-,21?/m0/s1. The zero-order valence-corrected chi connectivity index (χ0v) is 21.5. The largest absolute Gasteiger partial charge is 0.444 e. The number of amides is 1. The molecule has 1 aromatic rings. The summed E-state index contributed by atoms with van der Waals surface area (Å²) >= 11 is 0. The van der Waals surface area contributed by atoms with Crippen molar-refractivity contribution in [2.24, 2.45) is 0 Å². The molecule has 7 heteroatoms. The summed E-state index contributed by atoms with van der Waals surface area (Å²) in [6, 6.07) is 9.77. The average molecular weight is 452 g/mol. The molecule has 1 aliphatic rings. The predicted molar refractivity (Wildman–Crippen MR) is 126 cm³/mol. The van der Waals surface area contributed by atoms with Gasteiger partial charge >= 0.3 is 6.09 Å². The monoisotopic (exact) mass is 451 g/mol. The highest BCUT2D eigenvalue weighted by Gasteiger charge is 2.39. The van der Waals surface area contributed by atoms with E-state index in [0.717, 1.165) is 5.56 Å². The van der Waals surface area contributed by atoms with Crippen LogP contribution in [0, 0.1) is 0 Å². The Morgan fingerprint density at radius 3 is 2.35 bits per heavy atom. The van der Waals surface area contributed by atoms with E-state index in [1.807, 2.05) is 51.1 Å². The average Bonchev–Trinajstić information content (AvgIpc) is 2.64. The Morgan fingerprint density at radius 1 is 1.13 bits per heavy atom. The van der Waals surface area contributed by atoms with Crippen molar-refractivity contribution in [2.75, 3.05) is 13.2 Å². The molecule has 1 unspecified atom stereocenters. The Kier molecular flexibility index (Phi) is 8.73. The predicted octanol–water partition coefficient (Wildman–Crippen LogP) is 5.28. The molecule has 31 heavy (non-hydrogen) atoms. The molecule has 0 bridgehead atoms. The fraction of sp³-hybridized carbons (Fsp3) is 0.708. The molecule has 2 rings (SSSR count). The van der Waals surface area contributed by atoms with E-state index in [0.29, 0.717) is 26.2 Å². The Bertz CT molecular complexity index is 696. The van der Waals surface area contributed by atoms with Gasteiger partial charge in [0.25, 0.3) is 0 Å². The summed E-state index contributed by atoms with van der Waals surface area (Å²) in [4.78, 5) is 12.3. The maximum Gasteiger partial charge on any atom is 0.408 e. The molecule has 1 fully saturated rings. The van der Waals surface area contributed by atoms with E-state index < -0.39 is 20.0 Å². The van der Waals surface area contributed by atoms with Gasteiger partial charge in [-0.3, -0.25) is 0 Å². The zero-order chi connectivity index (χ0) is 23.3. The van der Waals surface area contributed by atoms with Crippen molar-refractivity contribution in [1.29, 1.82) is 0 Å². The van der Waals surface area contributed by atoms with Crippen LogP contribution in [0.4, 0.5) is 4.79 Å². The lowest BCUT2D eigenvalue weighted by atomic mass is 10.0. The van der Waals surface area contributed by atoms with Crippen molar-refractivity contribution in [3.8, 4) is 0 Å². The number of carbonyl (C=O) groups excluding carboxylic acids is 1. The van der Waals surface area contributed by atoms with Crippen LogP contribution in [0.5, 0.6) is 0 Å². The Balaban J connectivity index is 2.01. The molecule has 1 heterocycles. The van der Waals surface area contributed by atoms with Gasteiger partial charge in [0.15, 0.2) is 8.32 Å². The Morgan fingerprint density at radius 2 is 1.77 bits per heavy atom. The third kappa shape index (κ3) is 8.56. The van der Waals surface area contributed by atoms with Gasteiger partial charge in [0, 0.05) is 6.42 Å². The first-order chi connectivity index (χ1) is 14.3. The minimum absolute atomic E-state index is 0.0633. The molecule has 0 aromatic heterocycles. The number of benzene rings is 1. The lowest BCUT2D eigenvalue weighted by Crippen LogP contribution is -2.54. The van der Waals surface area contributed by atoms with Gasteiger partial charge in [0.05, 0.1) is 38.1 Å². The number of ether oxygens (including phenoxy) is 3. The molecule has 0 spiro atoms. The van der Waals surface area contributed by atoms with Gasteiger partial charge in [0.1, 0.15) is 5.60 Å². The first-order valence-corrected chi connectivity index (χ1v) is 14.1. The van der Waals surface area contributed by atoms with Crippen LogP contribution in [0.3, 0.4) is 0 Å². The van der Waals surface area contributed by atoms with Crippen LogP contribution < -0.4 is 5.32 Å². The third-order valence-corrected chi connectivity index (χ3v) is 10.4. The quantitative estimate of drug-likeness (QED) is 0.572. The second-order valence-corrected chi connectivity index (χ2v) is 15.7. The molecule has 1 saturated heterocycles. The number of hydrogen-bond donors (Lipinski definition) is 1. The topological polar surface area (TPSA) is 66.0 Å². The molecular weight excluding hydrogens is 410 g/mol. The van der Waals surface area contributed by atoms with Gasteiger partial charge in [-0.25, -0.2) is 4.79 Å². The number of rotatable bonds is 7. The summed E-state index contributed by atoms with van der Waals surface area (Å²) in [5.74, 6) is 0. The summed E-state index contributed by atoms with van der Waals surface area (Å²) < 4.78 is 24.1. The number of alkyl carbamates (subject to hydrolysis) is 1. The number of hydrogen-bond acceptors (Lipinski definition) is 5. The molecule has 1 aliphatic heterocycles. The van der Waals surface area contributed by atoms with E-state index in [-0.39, 0.29) is 23.3 Å². The van der Waals surface area contributed by atoms with Crippen LogP contribution in [0.1, 0.15) is 53.5 Å². The summed E-state index contributed by atoms with van der Waals surface area (Å²) in [6.07, 6.45) is -0.0477. The molecule has 0 aliphatic carbocycles. The molecule has 0 radical (unpaired) electrons. The molecule has 1 aromatic carbocycles. The summed E-state index contributed by atoms with van der Waals surface area (Å²) in [7, 11) is -1.86. The van der Waals surface area contributed by atoms with Crippen molar-refractivity contribution in [3.05, 3.63) is 35.9 Å².